The van der Waals surface area contributed by atoms with Crippen LogP contribution in [0.4, 0.5) is 5.69 Å². The van der Waals surface area contributed by atoms with Gasteiger partial charge in [-0.15, -0.1) is 23.1 Å². The van der Waals surface area contributed by atoms with Crippen LogP contribution in [-0.4, -0.2) is 21.6 Å². The summed E-state index contributed by atoms with van der Waals surface area (Å²) in [5, 5.41) is 15.5. The van der Waals surface area contributed by atoms with Crippen molar-refractivity contribution in [2.24, 2.45) is 0 Å². The number of carbonyl (C=O) groups excluding carboxylic acids is 1. The molecule has 0 aliphatic heterocycles. The van der Waals surface area contributed by atoms with Gasteiger partial charge in [0.15, 0.2) is 0 Å². The zero-order valence-corrected chi connectivity index (χ0v) is 15.8. The SMILES string of the molecule is Cc1cc2c(SCCC(=O)Nc3ccc(SC#N)cc3)ncnc2s1. The molecule has 0 aliphatic carbocycles. The summed E-state index contributed by atoms with van der Waals surface area (Å²) in [7, 11) is 0. The standard InChI is InChI=1S/C17H14N4OS3/c1-11-8-14-16(19-10-20-17(14)25-11)23-7-6-15(22)21-12-2-4-13(5-3-12)24-9-18/h2-5,8,10H,6-7H2,1H3,(H,21,22). The number of aromatic nitrogens is 2. The molecule has 1 amide bonds. The minimum absolute atomic E-state index is 0.0417. The Hall–Kier alpha value is -2.08. The highest BCUT2D eigenvalue weighted by Crippen LogP contribution is 2.30. The third-order valence-electron chi connectivity index (χ3n) is 3.29. The molecule has 2 aromatic heterocycles. The molecule has 126 valence electrons. The number of nitriles is 1. The van der Waals surface area contributed by atoms with Gasteiger partial charge in [-0.1, -0.05) is 0 Å². The fraction of sp³-hybridized carbons (Fsp3) is 0.176. The van der Waals surface area contributed by atoms with E-state index >= 15 is 0 Å². The average molecular weight is 387 g/mol. The normalized spacial score (nSPS) is 10.6. The number of amides is 1. The number of nitrogens with zero attached hydrogens (tertiary/aromatic N) is 3. The van der Waals surface area contributed by atoms with Crippen molar-refractivity contribution in [3.05, 3.63) is 41.5 Å². The minimum atomic E-state index is -0.0417. The number of thiophene rings is 1. The molecular formula is C17H14N4OS3. The first-order valence-electron chi connectivity index (χ1n) is 7.45. The second kappa shape index (κ2) is 8.34. The Morgan fingerprint density at radius 2 is 2.12 bits per heavy atom. The number of rotatable bonds is 6. The van der Waals surface area contributed by atoms with E-state index in [4.69, 9.17) is 5.26 Å². The van der Waals surface area contributed by atoms with Crippen LogP contribution in [0.5, 0.6) is 0 Å². The van der Waals surface area contributed by atoms with E-state index in [2.05, 4.69) is 28.3 Å². The number of fused-ring (bicyclic) bond motifs is 1. The largest absolute Gasteiger partial charge is 0.326 e. The van der Waals surface area contributed by atoms with Gasteiger partial charge in [-0.25, -0.2) is 9.97 Å². The van der Waals surface area contributed by atoms with Crippen LogP contribution in [0.1, 0.15) is 11.3 Å². The summed E-state index contributed by atoms with van der Waals surface area (Å²) in [6.45, 7) is 2.05. The second-order valence-corrected chi connectivity index (χ2v) is 8.30. The van der Waals surface area contributed by atoms with E-state index in [-0.39, 0.29) is 5.91 Å². The lowest BCUT2D eigenvalue weighted by Gasteiger charge is -2.06. The number of hydrogen-bond donors (Lipinski definition) is 1. The van der Waals surface area contributed by atoms with Crippen LogP contribution in [-0.2, 0) is 4.79 Å². The summed E-state index contributed by atoms with van der Waals surface area (Å²) in [5.41, 5.74) is 0.732. The van der Waals surface area contributed by atoms with Gasteiger partial charge in [0, 0.05) is 33.0 Å². The maximum atomic E-state index is 12.1. The Labute approximate surface area is 157 Å². The molecule has 0 spiro atoms. The molecule has 1 aromatic carbocycles. The number of carbonyl (C=O) groups is 1. The van der Waals surface area contributed by atoms with Crippen LogP contribution >= 0.6 is 34.9 Å². The fourth-order valence-electron chi connectivity index (χ4n) is 2.19. The highest BCUT2D eigenvalue weighted by molar-refractivity contribution is 8.03. The lowest BCUT2D eigenvalue weighted by atomic mass is 10.3. The monoisotopic (exact) mass is 386 g/mol. The summed E-state index contributed by atoms with van der Waals surface area (Å²) in [5.74, 6) is 0.606. The molecule has 1 N–H and O–H groups in total. The van der Waals surface area contributed by atoms with E-state index in [0.717, 1.165) is 37.6 Å². The van der Waals surface area contributed by atoms with Gasteiger partial charge in [0.25, 0.3) is 0 Å². The van der Waals surface area contributed by atoms with Crippen molar-refractivity contribution < 1.29 is 4.79 Å². The van der Waals surface area contributed by atoms with Crippen molar-refractivity contribution in [3.63, 3.8) is 0 Å². The lowest BCUT2D eigenvalue weighted by molar-refractivity contribution is -0.115. The Balaban J connectivity index is 1.53. The number of thiocyanates is 1. The van der Waals surface area contributed by atoms with E-state index in [1.54, 1.807) is 41.6 Å². The highest BCUT2D eigenvalue weighted by atomic mass is 32.2. The van der Waals surface area contributed by atoms with Crippen molar-refractivity contribution in [2.45, 2.75) is 23.3 Å². The number of aryl methyl sites for hydroxylation is 1. The second-order valence-electron chi connectivity index (χ2n) is 5.12. The summed E-state index contributed by atoms with van der Waals surface area (Å²) in [6, 6.07) is 9.31. The Bertz CT molecular complexity index is 931. The first kappa shape index (κ1) is 17.7. The van der Waals surface area contributed by atoms with Crippen molar-refractivity contribution in [1.82, 2.24) is 9.97 Å². The zero-order valence-electron chi connectivity index (χ0n) is 13.4. The fourth-order valence-corrected chi connectivity index (χ4v) is 4.40. The van der Waals surface area contributed by atoms with Gasteiger partial charge in [-0.05, 0) is 49.0 Å². The van der Waals surface area contributed by atoms with Crippen LogP contribution in [0.3, 0.4) is 0 Å². The van der Waals surface area contributed by atoms with Gasteiger partial charge in [0.05, 0.1) is 0 Å². The number of benzene rings is 1. The van der Waals surface area contributed by atoms with Crippen molar-refractivity contribution in [1.29, 1.82) is 5.26 Å². The number of thioether (sulfide) groups is 2. The van der Waals surface area contributed by atoms with Crippen LogP contribution in [0.25, 0.3) is 10.2 Å². The first-order chi connectivity index (χ1) is 12.2. The molecule has 0 radical (unpaired) electrons. The third kappa shape index (κ3) is 4.72. The van der Waals surface area contributed by atoms with Gasteiger partial charge < -0.3 is 5.32 Å². The lowest BCUT2D eigenvalue weighted by Crippen LogP contribution is -2.12. The third-order valence-corrected chi connectivity index (χ3v) is 5.85. The van der Waals surface area contributed by atoms with E-state index in [1.807, 2.05) is 17.5 Å². The van der Waals surface area contributed by atoms with Gasteiger partial charge in [-0.3, -0.25) is 4.79 Å². The van der Waals surface area contributed by atoms with Gasteiger partial charge >= 0.3 is 0 Å². The maximum Gasteiger partial charge on any atom is 0.225 e. The molecule has 8 heteroatoms. The Morgan fingerprint density at radius 1 is 1.32 bits per heavy atom. The molecule has 0 bridgehead atoms. The molecule has 3 rings (SSSR count). The highest BCUT2D eigenvalue weighted by Gasteiger charge is 2.09. The molecule has 2 heterocycles. The van der Waals surface area contributed by atoms with E-state index in [1.165, 1.54) is 4.88 Å². The topological polar surface area (TPSA) is 78.7 Å². The molecule has 0 aliphatic rings. The van der Waals surface area contributed by atoms with Gasteiger partial charge in [-0.2, -0.15) is 5.26 Å². The predicted octanol–water partition coefficient (Wildman–Crippen LogP) is 4.69. The Kier molecular flexibility index (Phi) is 5.91. The number of anilines is 1. The quantitative estimate of drug-likeness (QED) is 0.376. The van der Waals surface area contributed by atoms with E-state index < -0.39 is 0 Å². The Morgan fingerprint density at radius 3 is 2.88 bits per heavy atom. The molecular weight excluding hydrogens is 372 g/mol. The van der Waals surface area contributed by atoms with Crippen LogP contribution in [0, 0.1) is 17.6 Å². The average Bonchev–Trinajstić information content (AvgIpc) is 2.98. The zero-order chi connectivity index (χ0) is 17.6. The molecule has 0 unspecified atom stereocenters. The van der Waals surface area contributed by atoms with Crippen LogP contribution in [0.15, 0.2) is 46.6 Å². The van der Waals surface area contributed by atoms with Crippen LogP contribution < -0.4 is 5.32 Å². The molecule has 5 nitrogen and oxygen atoms in total. The molecule has 3 aromatic rings. The summed E-state index contributed by atoms with van der Waals surface area (Å²) in [4.78, 5) is 23.7. The molecule has 0 saturated heterocycles. The number of hydrogen-bond acceptors (Lipinski definition) is 7. The van der Waals surface area contributed by atoms with Gasteiger partial charge in [0.2, 0.25) is 5.91 Å². The van der Waals surface area contributed by atoms with E-state index in [9.17, 15) is 4.79 Å². The maximum absolute atomic E-state index is 12.1. The minimum Gasteiger partial charge on any atom is -0.326 e. The molecule has 0 fully saturated rings. The predicted molar refractivity (Wildman–Crippen MR) is 104 cm³/mol. The summed E-state index contributed by atoms with van der Waals surface area (Å²) < 4.78 is 0. The summed E-state index contributed by atoms with van der Waals surface area (Å²) in [6.07, 6.45) is 1.97. The first-order valence-corrected chi connectivity index (χ1v) is 10.1. The van der Waals surface area contributed by atoms with Gasteiger partial charge in [0.1, 0.15) is 21.6 Å². The smallest absolute Gasteiger partial charge is 0.225 e. The van der Waals surface area contributed by atoms with Crippen molar-refractivity contribution >= 4 is 56.7 Å². The van der Waals surface area contributed by atoms with Crippen molar-refractivity contribution in [3.8, 4) is 5.40 Å². The van der Waals surface area contributed by atoms with E-state index in [0.29, 0.717) is 12.2 Å². The molecule has 25 heavy (non-hydrogen) atoms. The summed E-state index contributed by atoms with van der Waals surface area (Å²) >= 11 is 4.31. The van der Waals surface area contributed by atoms with Crippen LogP contribution in [0.2, 0.25) is 0 Å². The number of nitrogens with one attached hydrogen (secondary N) is 1. The molecule has 0 atom stereocenters. The molecule has 0 saturated carbocycles. The van der Waals surface area contributed by atoms with Crippen molar-refractivity contribution in [2.75, 3.05) is 11.1 Å².